The van der Waals surface area contributed by atoms with Crippen LogP contribution in [0.4, 0.5) is 0 Å². The molecule has 2 aliphatic heterocycles. The van der Waals surface area contributed by atoms with Crippen molar-refractivity contribution in [3.05, 3.63) is 0 Å². The number of carbonyl (C=O) groups excluding carboxylic acids is 1. The van der Waals surface area contributed by atoms with E-state index in [4.69, 9.17) is 0 Å². The van der Waals surface area contributed by atoms with E-state index in [9.17, 15) is 4.79 Å². The van der Waals surface area contributed by atoms with E-state index in [1.54, 1.807) is 0 Å². The standard InChI is InChI=1S/C16H31N3OS/c1-14-5-11-19(12-6-14)10-2-7-18-16(20)13-21-15-3-8-17-9-4-15/h14-15,17H,2-13H2,1H3,(H,18,20). The van der Waals surface area contributed by atoms with E-state index in [0.717, 1.165) is 38.5 Å². The van der Waals surface area contributed by atoms with Crippen molar-refractivity contribution in [1.82, 2.24) is 15.5 Å². The number of hydrogen-bond donors (Lipinski definition) is 2. The van der Waals surface area contributed by atoms with Crippen LogP contribution < -0.4 is 10.6 Å². The zero-order chi connectivity index (χ0) is 14.9. The predicted octanol–water partition coefficient (Wildman–Crippen LogP) is 1.71. The maximum atomic E-state index is 11.8. The molecule has 0 aliphatic carbocycles. The van der Waals surface area contributed by atoms with Gasteiger partial charge in [0.25, 0.3) is 0 Å². The lowest BCUT2D eigenvalue weighted by atomic mass is 9.99. The van der Waals surface area contributed by atoms with Crippen molar-refractivity contribution in [2.75, 3.05) is 45.0 Å². The van der Waals surface area contributed by atoms with Gasteiger partial charge in [0.1, 0.15) is 0 Å². The van der Waals surface area contributed by atoms with Crippen molar-refractivity contribution in [3.63, 3.8) is 0 Å². The van der Waals surface area contributed by atoms with Crippen LogP contribution in [0.25, 0.3) is 0 Å². The molecule has 21 heavy (non-hydrogen) atoms. The second kappa shape index (κ2) is 9.70. The summed E-state index contributed by atoms with van der Waals surface area (Å²) in [5.41, 5.74) is 0. The van der Waals surface area contributed by atoms with Gasteiger partial charge in [-0.3, -0.25) is 4.79 Å². The zero-order valence-electron chi connectivity index (χ0n) is 13.4. The molecule has 0 aromatic carbocycles. The molecular formula is C16H31N3OS. The van der Waals surface area contributed by atoms with Crippen LogP contribution in [-0.2, 0) is 4.79 Å². The van der Waals surface area contributed by atoms with E-state index in [0.29, 0.717) is 11.0 Å². The van der Waals surface area contributed by atoms with Crippen molar-refractivity contribution in [1.29, 1.82) is 0 Å². The van der Waals surface area contributed by atoms with Crippen LogP contribution in [-0.4, -0.2) is 61.1 Å². The second-order valence-electron chi connectivity index (χ2n) is 6.49. The maximum Gasteiger partial charge on any atom is 0.230 e. The fourth-order valence-corrected chi connectivity index (χ4v) is 4.08. The Morgan fingerprint density at radius 2 is 1.95 bits per heavy atom. The molecule has 0 radical (unpaired) electrons. The third-order valence-corrected chi connectivity index (χ3v) is 5.96. The van der Waals surface area contributed by atoms with Gasteiger partial charge in [0.2, 0.25) is 5.91 Å². The quantitative estimate of drug-likeness (QED) is 0.702. The molecule has 5 heteroatoms. The highest BCUT2D eigenvalue weighted by Crippen LogP contribution is 2.19. The molecule has 0 saturated carbocycles. The Hall–Kier alpha value is -0.260. The number of thioether (sulfide) groups is 1. The largest absolute Gasteiger partial charge is 0.355 e. The average molecular weight is 314 g/mol. The van der Waals surface area contributed by atoms with Gasteiger partial charge >= 0.3 is 0 Å². The number of amides is 1. The fraction of sp³-hybridized carbons (Fsp3) is 0.938. The molecule has 2 aliphatic rings. The van der Waals surface area contributed by atoms with Gasteiger partial charge < -0.3 is 15.5 Å². The highest BCUT2D eigenvalue weighted by atomic mass is 32.2. The van der Waals surface area contributed by atoms with Crippen LogP contribution in [0.1, 0.15) is 39.0 Å². The van der Waals surface area contributed by atoms with Gasteiger partial charge in [0.05, 0.1) is 5.75 Å². The molecule has 0 aromatic heterocycles. The first-order valence-corrected chi connectivity index (χ1v) is 9.60. The summed E-state index contributed by atoms with van der Waals surface area (Å²) in [6, 6.07) is 0. The van der Waals surface area contributed by atoms with Gasteiger partial charge in [-0.25, -0.2) is 0 Å². The van der Waals surface area contributed by atoms with Gasteiger partial charge in [-0.1, -0.05) is 6.92 Å². The minimum absolute atomic E-state index is 0.214. The number of rotatable bonds is 7. The van der Waals surface area contributed by atoms with Crippen LogP contribution >= 0.6 is 11.8 Å². The molecule has 122 valence electrons. The summed E-state index contributed by atoms with van der Waals surface area (Å²) in [5, 5.41) is 7.10. The second-order valence-corrected chi connectivity index (χ2v) is 7.78. The Balaban J connectivity index is 1.45. The van der Waals surface area contributed by atoms with E-state index in [-0.39, 0.29) is 5.91 Å². The number of hydrogen-bond acceptors (Lipinski definition) is 4. The maximum absolute atomic E-state index is 11.8. The van der Waals surface area contributed by atoms with Crippen LogP contribution in [0.2, 0.25) is 0 Å². The molecule has 0 atom stereocenters. The number of likely N-dealkylation sites (tertiary alicyclic amines) is 1. The highest BCUT2D eigenvalue weighted by molar-refractivity contribution is 8.00. The summed E-state index contributed by atoms with van der Waals surface area (Å²) < 4.78 is 0. The fourth-order valence-electron chi connectivity index (χ4n) is 3.02. The molecule has 4 nitrogen and oxygen atoms in total. The Labute approximate surface area is 133 Å². The lowest BCUT2D eigenvalue weighted by Gasteiger charge is -2.30. The molecule has 2 fully saturated rings. The van der Waals surface area contributed by atoms with Crippen molar-refractivity contribution >= 4 is 17.7 Å². The Bertz CT molecular complexity index is 300. The van der Waals surface area contributed by atoms with Gasteiger partial charge in [0, 0.05) is 11.8 Å². The van der Waals surface area contributed by atoms with Gasteiger partial charge in [-0.15, -0.1) is 11.8 Å². The van der Waals surface area contributed by atoms with E-state index in [1.807, 2.05) is 11.8 Å². The first-order valence-electron chi connectivity index (χ1n) is 8.55. The smallest absolute Gasteiger partial charge is 0.230 e. The van der Waals surface area contributed by atoms with Crippen molar-refractivity contribution < 1.29 is 4.79 Å². The summed E-state index contributed by atoms with van der Waals surface area (Å²) in [4.78, 5) is 14.4. The topological polar surface area (TPSA) is 44.4 Å². The normalized spacial score (nSPS) is 22.3. The van der Waals surface area contributed by atoms with Gasteiger partial charge in [-0.05, 0) is 70.7 Å². The molecule has 2 N–H and O–H groups in total. The van der Waals surface area contributed by atoms with E-state index < -0.39 is 0 Å². The van der Waals surface area contributed by atoms with E-state index in [2.05, 4.69) is 22.5 Å². The monoisotopic (exact) mass is 313 g/mol. The summed E-state index contributed by atoms with van der Waals surface area (Å²) >= 11 is 1.83. The number of nitrogens with one attached hydrogen (secondary N) is 2. The SMILES string of the molecule is CC1CCN(CCCNC(=O)CSC2CCNCC2)CC1. The lowest BCUT2D eigenvalue weighted by Crippen LogP contribution is -2.36. The summed E-state index contributed by atoms with van der Waals surface area (Å²) in [7, 11) is 0. The van der Waals surface area contributed by atoms with Crippen molar-refractivity contribution in [2.24, 2.45) is 5.92 Å². The Morgan fingerprint density at radius 1 is 1.24 bits per heavy atom. The summed E-state index contributed by atoms with van der Waals surface area (Å²) in [6.07, 6.45) is 6.15. The Morgan fingerprint density at radius 3 is 2.67 bits per heavy atom. The average Bonchev–Trinajstić information content (AvgIpc) is 2.52. The first-order chi connectivity index (χ1) is 10.2. The number of piperidine rings is 2. The third kappa shape index (κ3) is 7.02. The summed E-state index contributed by atoms with van der Waals surface area (Å²) in [5.74, 6) is 1.74. The van der Waals surface area contributed by atoms with E-state index >= 15 is 0 Å². The number of carbonyl (C=O) groups is 1. The van der Waals surface area contributed by atoms with Crippen molar-refractivity contribution in [2.45, 2.75) is 44.3 Å². The highest BCUT2D eigenvalue weighted by Gasteiger charge is 2.16. The third-order valence-electron chi connectivity index (χ3n) is 4.59. The number of nitrogens with zero attached hydrogens (tertiary/aromatic N) is 1. The minimum atomic E-state index is 0.214. The zero-order valence-corrected chi connectivity index (χ0v) is 14.2. The van der Waals surface area contributed by atoms with Crippen molar-refractivity contribution in [3.8, 4) is 0 Å². The molecule has 2 heterocycles. The minimum Gasteiger partial charge on any atom is -0.355 e. The van der Waals surface area contributed by atoms with Crippen LogP contribution in [0, 0.1) is 5.92 Å². The molecule has 2 rings (SSSR count). The molecule has 0 bridgehead atoms. The first kappa shape index (κ1) is 17.1. The van der Waals surface area contributed by atoms with Gasteiger partial charge in [0.15, 0.2) is 0 Å². The molecule has 0 spiro atoms. The predicted molar refractivity (Wildman–Crippen MR) is 90.8 cm³/mol. The van der Waals surface area contributed by atoms with E-state index in [1.165, 1.54) is 38.8 Å². The van der Waals surface area contributed by atoms with Gasteiger partial charge in [-0.2, -0.15) is 0 Å². The Kier molecular flexibility index (Phi) is 7.89. The molecule has 0 unspecified atom stereocenters. The van der Waals surface area contributed by atoms with Crippen LogP contribution in [0.5, 0.6) is 0 Å². The van der Waals surface area contributed by atoms with Crippen LogP contribution in [0.15, 0.2) is 0 Å². The molecule has 2 saturated heterocycles. The molecular weight excluding hydrogens is 282 g/mol. The molecule has 1 amide bonds. The molecule has 0 aromatic rings. The lowest BCUT2D eigenvalue weighted by molar-refractivity contribution is -0.118. The van der Waals surface area contributed by atoms with Crippen LogP contribution in [0.3, 0.4) is 0 Å². The summed E-state index contributed by atoms with van der Waals surface area (Å²) in [6.45, 7) is 8.99.